The standard InChI is InChI=1S/C10H11NO/c1-11-8-9-6-4-2-3-5-7-10(9)12-11/h2-7H,8H2,1H3/b3-2-,4-2?,5-3?,6-4-,7-5-,9-6?,10-7?. The normalized spacial score (nSPS) is 30.1. The lowest BCUT2D eigenvalue weighted by Gasteiger charge is -2.06. The molecule has 0 spiro atoms. The molecule has 2 rings (SSSR count). The van der Waals surface area contributed by atoms with E-state index in [0.717, 1.165) is 12.3 Å². The monoisotopic (exact) mass is 161 g/mol. The van der Waals surface area contributed by atoms with Crippen LogP contribution in [0.2, 0.25) is 0 Å². The summed E-state index contributed by atoms with van der Waals surface area (Å²) in [4.78, 5) is 5.44. The molecule has 2 aliphatic rings. The second kappa shape index (κ2) is 2.99. The SMILES string of the molecule is CN1CC2=C(\C=C/C=C\C=C/2)O1. The highest BCUT2D eigenvalue weighted by molar-refractivity contribution is 5.37. The first-order valence-electron chi connectivity index (χ1n) is 4.00. The summed E-state index contributed by atoms with van der Waals surface area (Å²) in [6.07, 6.45) is 12.1. The van der Waals surface area contributed by atoms with Crippen molar-refractivity contribution < 1.29 is 4.84 Å². The van der Waals surface area contributed by atoms with E-state index >= 15 is 0 Å². The number of hydroxylamine groups is 2. The average molecular weight is 161 g/mol. The van der Waals surface area contributed by atoms with Gasteiger partial charge in [0.25, 0.3) is 0 Å². The first-order chi connectivity index (χ1) is 5.86. The van der Waals surface area contributed by atoms with Crippen molar-refractivity contribution in [1.29, 1.82) is 0 Å². The lowest BCUT2D eigenvalue weighted by molar-refractivity contribution is -0.0613. The third-order valence-corrected chi connectivity index (χ3v) is 1.84. The van der Waals surface area contributed by atoms with Crippen LogP contribution in [-0.2, 0) is 4.84 Å². The van der Waals surface area contributed by atoms with Gasteiger partial charge >= 0.3 is 0 Å². The van der Waals surface area contributed by atoms with Crippen molar-refractivity contribution in [1.82, 2.24) is 5.06 Å². The van der Waals surface area contributed by atoms with Gasteiger partial charge < -0.3 is 4.84 Å². The Morgan fingerprint density at radius 3 is 2.75 bits per heavy atom. The van der Waals surface area contributed by atoms with Gasteiger partial charge in [-0.25, -0.2) is 0 Å². The van der Waals surface area contributed by atoms with E-state index in [1.807, 2.05) is 42.5 Å². The lowest BCUT2D eigenvalue weighted by atomic mass is 10.2. The third kappa shape index (κ3) is 1.34. The van der Waals surface area contributed by atoms with Crippen LogP contribution in [0.3, 0.4) is 0 Å². The van der Waals surface area contributed by atoms with E-state index in [0.29, 0.717) is 0 Å². The molecule has 0 aromatic heterocycles. The van der Waals surface area contributed by atoms with Crippen LogP contribution in [0.15, 0.2) is 47.8 Å². The molecule has 0 saturated heterocycles. The van der Waals surface area contributed by atoms with Gasteiger partial charge in [-0.2, -0.15) is 0 Å². The maximum Gasteiger partial charge on any atom is 0.152 e. The largest absolute Gasteiger partial charge is 0.406 e. The van der Waals surface area contributed by atoms with Gasteiger partial charge in [-0.1, -0.05) is 30.4 Å². The van der Waals surface area contributed by atoms with E-state index in [1.54, 1.807) is 0 Å². The first kappa shape index (κ1) is 7.37. The molecule has 0 atom stereocenters. The number of likely N-dealkylation sites (N-methyl/N-ethyl adjacent to an activating group) is 1. The Kier molecular flexibility index (Phi) is 1.84. The molecule has 2 heteroatoms. The molecule has 1 aliphatic heterocycles. The molecule has 0 aromatic carbocycles. The molecule has 0 bridgehead atoms. The minimum atomic E-state index is 0.865. The molecule has 0 aromatic rings. The number of hydrogen-bond acceptors (Lipinski definition) is 2. The van der Waals surface area contributed by atoms with Crippen molar-refractivity contribution in [3.63, 3.8) is 0 Å². The Morgan fingerprint density at radius 1 is 1.17 bits per heavy atom. The van der Waals surface area contributed by atoms with Crippen molar-refractivity contribution in [2.45, 2.75) is 0 Å². The van der Waals surface area contributed by atoms with E-state index in [9.17, 15) is 0 Å². The highest BCUT2D eigenvalue weighted by Crippen LogP contribution is 2.20. The van der Waals surface area contributed by atoms with Crippen LogP contribution in [0.25, 0.3) is 0 Å². The predicted molar refractivity (Wildman–Crippen MR) is 48.2 cm³/mol. The topological polar surface area (TPSA) is 12.5 Å². The number of nitrogens with zero attached hydrogens (tertiary/aromatic N) is 1. The van der Waals surface area contributed by atoms with Crippen molar-refractivity contribution >= 4 is 0 Å². The second-order valence-electron chi connectivity index (χ2n) is 2.87. The molecule has 1 heterocycles. The highest BCUT2D eigenvalue weighted by atomic mass is 16.7. The summed E-state index contributed by atoms with van der Waals surface area (Å²) in [6.45, 7) is 0.865. The van der Waals surface area contributed by atoms with Crippen molar-refractivity contribution in [3.8, 4) is 0 Å². The molecule has 0 amide bonds. The molecule has 0 N–H and O–H groups in total. The van der Waals surface area contributed by atoms with Gasteiger partial charge in [0.2, 0.25) is 0 Å². The fourth-order valence-corrected chi connectivity index (χ4v) is 1.29. The van der Waals surface area contributed by atoms with Crippen LogP contribution in [0, 0.1) is 0 Å². The average Bonchev–Trinajstić information content (AvgIpc) is 2.32. The molecule has 12 heavy (non-hydrogen) atoms. The predicted octanol–water partition coefficient (Wildman–Crippen LogP) is 1.80. The quantitative estimate of drug-likeness (QED) is 0.537. The fraction of sp³-hybridized carbons (Fsp3) is 0.200. The van der Waals surface area contributed by atoms with E-state index in [2.05, 4.69) is 6.08 Å². The number of hydrogen-bond donors (Lipinski definition) is 0. The Labute approximate surface area is 72.1 Å². The third-order valence-electron chi connectivity index (χ3n) is 1.84. The smallest absolute Gasteiger partial charge is 0.152 e. The van der Waals surface area contributed by atoms with Gasteiger partial charge in [-0.05, 0) is 6.08 Å². The Bertz CT molecular complexity index is 269. The van der Waals surface area contributed by atoms with Gasteiger partial charge in [0.15, 0.2) is 5.76 Å². The van der Waals surface area contributed by atoms with Gasteiger partial charge in [0, 0.05) is 12.6 Å². The van der Waals surface area contributed by atoms with E-state index in [4.69, 9.17) is 4.84 Å². The Hall–Kier alpha value is -1.28. The van der Waals surface area contributed by atoms with E-state index in [-0.39, 0.29) is 0 Å². The zero-order valence-electron chi connectivity index (χ0n) is 7.03. The zero-order chi connectivity index (χ0) is 8.39. The minimum absolute atomic E-state index is 0.865. The number of rotatable bonds is 0. The Balaban J connectivity index is 2.29. The highest BCUT2D eigenvalue weighted by Gasteiger charge is 2.16. The number of allylic oxidation sites excluding steroid dienone is 5. The van der Waals surface area contributed by atoms with E-state index < -0.39 is 0 Å². The second-order valence-corrected chi connectivity index (χ2v) is 2.87. The van der Waals surface area contributed by atoms with Gasteiger partial charge in [-0.15, -0.1) is 5.06 Å². The minimum Gasteiger partial charge on any atom is -0.406 e. The fourth-order valence-electron chi connectivity index (χ4n) is 1.29. The summed E-state index contributed by atoms with van der Waals surface area (Å²) in [7, 11) is 1.93. The molecule has 0 saturated carbocycles. The van der Waals surface area contributed by atoms with Gasteiger partial charge in [0.05, 0.1) is 6.54 Å². The molecular weight excluding hydrogens is 150 g/mol. The van der Waals surface area contributed by atoms with Crippen LogP contribution in [0.1, 0.15) is 0 Å². The maximum atomic E-state index is 5.44. The van der Waals surface area contributed by atoms with Gasteiger partial charge in [-0.3, -0.25) is 0 Å². The molecule has 0 fully saturated rings. The van der Waals surface area contributed by atoms with E-state index in [1.165, 1.54) is 5.57 Å². The summed E-state index contributed by atoms with van der Waals surface area (Å²) in [5.41, 5.74) is 1.23. The first-order valence-corrected chi connectivity index (χ1v) is 4.00. The maximum absolute atomic E-state index is 5.44. The van der Waals surface area contributed by atoms with Crippen molar-refractivity contribution in [2.75, 3.05) is 13.6 Å². The summed E-state index contributed by atoms with van der Waals surface area (Å²) < 4.78 is 0. The van der Waals surface area contributed by atoms with Gasteiger partial charge in [0.1, 0.15) is 0 Å². The molecule has 62 valence electrons. The molecule has 0 radical (unpaired) electrons. The van der Waals surface area contributed by atoms with Crippen LogP contribution in [0.4, 0.5) is 0 Å². The summed E-state index contributed by atoms with van der Waals surface area (Å²) >= 11 is 0. The van der Waals surface area contributed by atoms with Crippen LogP contribution >= 0.6 is 0 Å². The lowest BCUT2D eigenvalue weighted by Crippen LogP contribution is -2.11. The van der Waals surface area contributed by atoms with Crippen molar-refractivity contribution in [3.05, 3.63) is 47.8 Å². The molecule has 1 aliphatic carbocycles. The Morgan fingerprint density at radius 2 is 1.92 bits per heavy atom. The van der Waals surface area contributed by atoms with Crippen LogP contribution in [0.5, 0.6) is 0 Å². The zero-order valence-corrected chi connectivity index (χ0v) is 7.03. The summed E-state index contributed by atoms with van der Waals surface area (Å²) in [5, 5.41) is 1.82. The summed E-state index contributed by atoms with van der Waals surface area (Å²) in [6, 6.07) is 0. The molecule has 2 nitrogen and oxygen atoms in total. The molecule has 0 unspecified atom stereocenters. The van der Waals surface area contributed by atoms with Crippen LogP contribution in [-0.4, -0.2) is 18.7 Å². The molecular formula is C10H11NO. The van der Waals surface area contributed by atoms with Crippen molar-refractivity contribution in [2.24, 2.45) is 0 Å². The summed E-state index contributed by atoms with van der Waals surface area (Å²) in [5.74, 6) is 0.957. The van der Waals surface area contributed by atoms with Crippen LogP contribution < -0.4 is 0 Å².